The lowest BCUT2D eigenvalue weighted by atomic mass is 10.1. The Hall–Kier alpha value is -1.89. The van der Waals surface area contributed by atoms with Gasteiger partial charge in [0, 0.05) is 25.2 Å². The van der Waals surface area contributed by atoms with Crippen LogP contribution in [0, 0.1) is 0 Å². The first-order chi connectivity index (χ1) is 16.3. The van der Waals surface area contributed by atoms with Crippen molar-refractivity contribution in [2.45, 2.75) is 116 Å². The molecule has 0 saturated heterocycles. The van der Waals surface area contributed by atoms with Crippen LogP contribution in [-0.2, 0) is 14.4 Å². The number of allylic oxidation sites excluding steroid dienone is 2. The van der Waals surface area contributed by atoms with E-state index >= 15 is 0 Å². The largest absolute Gasteiger partial charge is 0.550 e. The van der Waals surface area contributed by atoms with Gasteiger partial charge in [-0.25, -0.2) is 0 Å². The van der Waals surface area contributed by atoms with Crippen molar-refractivity contribution in [1.29, 1.82) is 0 Å². The molecule has 7 heteroatoms. The van der Waals surface area contributed by atoms with Crippen molar-refractivity contribution in [1.82, 2.24) is 0 Å². The number of unbranched alkanes of at least 4 members (excludes halogenated alkanes) is 9. The fourth-order valence-electron chi connectivity index (χ4n) is 4.53. The number of nitrogens with zero attached hydrogens (tertiary/aromatic N) is 1. The Morgan fingerprint density at radius 1 is 0.618 bits per heavy atom. The Balaban J connectivity index is 4.50. The lowest BCUT2D eigenvalue weighted by Gasteiger charge is -2.39. The highest BCUT2D eigenvalue weighted by atomic mass is 16.4. The molecule has 0 aliphatic heterocycles. The molecule has 34 heavy (non-hydrogen) atoms. The molecule has 0 heterocycles. The van der Waals surface area contributed by atoms with Crippen molar-refractivity contribution in [2.24, 2.45) is 0 Å². The van der Waals surface area contributed by atoms with Gasteiger partial charge in [0.1, 0.15) is 0 Å². The minimum absolute atomic E-state index is 0.0250. The topological polar surface area (TPSA) is 115 Å². The third-order valence-corrected chi connectivity index (χ3v) is 6.45. The van der Waals surface area contributed by atoms with E-state index in [1.807, 2.05) is 0 Å². The molecule has 2 N–H and O–H groups in total. The smallest absolute Gasteiger partial charge is 0.303 e. The first-order valence-corrected chi connectivity index (χ1v) is 13.4. The van der Waals surface area contributed by atoms with E-state index in [-0.39, 0.29) is 19.3 Å². The van der Waals surface area contributed by atoms with E-state index < -0.39 is 17.9 Å². The second-order valence-corrected chi connectivity index (χ2v) is 9.58. The summed E-state index contributed by atoms with van der Waals surface area (Å²) in [5, 5.41) is 29.0. The first kappa shape index (κ1) is 32.1. The van der Waals surface area contributed by atoms with Gasteiger partial charge in [0.25, 0.3) is 0 Å². The molecule has 0 spiro atoms. The number of hydrogen-bond acceptors (Lipinski definition) is 4. The number of carboxylic acids is 3. The van der Waals surface area contributed by atoms with E-state index in [9.17, 15) is 19.5 Å². The Kier molecular flexibility index (Phi) is 20.4. The van der Waals surface area contributed by atoms with Gasteiger partial charge in [0.2, 0.25) is 0 Å². The summed E-state index contributed by atoms with van der Waals surface area (Å²) in [6, 6.07) is 0. The number of carboxylic acid groups (broad SMARTS) is 3. The summed E-state index contributed by atoms with van der Waals surface area (Å²) in [6.45, 7) is 4.96. The standard InChI is InChI=1S/C27H49NO6/c1-2-3-4-5-6-7-8-9-10-11-12-13-14-21-28(22-15-18-25(29)30,23-16-19-26(31)32)24-17-20-27(33)34/h8-9H,2-7,10-24H2,1H3,(H2-,29,30,31,32,33,34)/b9-8+. The molecule has 0 fully saturated rings. The minimum atomic E-state index is -1.08. The maximum absolute atomic E-state index is 11.0. The summed E-state index contributed by atoms with van der Waals surface area (Å²) in [7, 11) is 0. The molecule has 7 nitrogen and oxygen atoms in total. The summed E-state index contributed by atoms with van der Waals surface area (Å²) >= 11 is 0. The molecule has 0 aliphatic rings. The molecular formula is C27H49NO6. The van der Waals surface area contributed by atoms with Crippen molar-refractivity contribution < 1.29 is 34.2 Å². The molecule has 0 radical (unpaired) electrons. The SMILES string of the molecule is CCCCCCC/C=C/CCCCCC[N+](CCCC(=O)[O-])(CCCC(=O)O)CCCC(=O)O. The van der Waals surface area contributed by atoms with Gasteiger partial charge < -0.3 is 24.6 Å². The van der Waals surface area contributed by atoms with Gasteiger partial charge in [-0.2, -0.15) is 0 Å². The van der Waals surface area contributed by atoms with E-state index in [0.717, 1.165) is 38.6 Å². The molecule has 0 amide bonds. The normalized spacial score (nSPS) is 11.8. The van der Waals surface area contributed by atoms with Crippen LogP contribution in [0.15, 0.2) is 12.2 Å². The zero-order chi connectivity index (χ0) is 25.5. The molecule has 0 aliphatic carbocycles. The van der Waals surface area contributed by atoms with Crippen LogP contribution >= 0.6 is 0 Å². The zero-order valence-electron chi connectivity index (χ0n) is 21.5. The number of aliphatic carboxylic acids is 3. The second-order valence-electron chi connectivity index (χ2n) is 9.58. The number of rotatable bonds is 25. The van der Waals surface area contributed by atoms with Gasteiger partial charge in [0.05, 0.1) is 39.0 Å². The first-order valence-electron chi connectivity index (χ1n) is 13.4. The maximum atomic E-state index is 11.0. The highest BCUT2D eigenvalue weighted by Gasteiger charge is 2.26. The number of hydrogen-bond donors (Lipinski definition) is 2. The summed E-state index contributed by atoms with van der Waals surface area (Å²) in [5.41, 5.74) is 0. The highest BCUT2D eigenvalue weighted by molar-refractivity contribution is 5.66. The number of carbonyl (C=O) groups is 3. The molecule has 0 saturated carbocycles. The molecule has 198 valence electrons. The van der Waals surface area contributed by atoms with Gasteiger partial charge in [0.15, 0.2) is 0 Å². The van der Waals surface area contributed by atoms with Crippen LogP contribution in [0.1, 0.15) is 116 Å². The van der Waals surface area contributed by atoms with Gasteiger partial charge in [-0.05, 0) is 44.9 Å². The van der Waals surface area contributed by atoms with E-state index in [2.05, 4.69) is 19.1 Å². The summed E-state index contributed by atoms with van der Waals surface area (Å²) in [4.78, 5) is 32.9. The molecule has 0 aromatic rings. The third kappa shape index (κ3) is 20.7. The molecule has 0 unspecified atom stereocenters. The van der Waals surface area contributed by atoms with Gasteiger partial charge in [-0.3, -0.25) is 9.59 Å². The zero-order valence-corrected chi connectivity index (χ0v) is 21.5. The Morgan fingerprint density at radius 3 is 1.47 bits per heavy atom. The van der Waals surface area contributed by atoms with Gasteiger partial charge in [-0.1, -0.05) is 51.2 Å². The fourth-order valence-corrected chi connectivity index (χ4v) is 4.53. The van der Waals surface area contributed by atoms with Crippen molar-refractivity contribution >= 4 is 17.9 Å². The van der Waals surface area contributed by atoms with Gasteiger partial charge >= 0.3 is 11.9 Å². The van der Waals surface area contributed by atoms with Crippen LogP contribution in [-0.4, -0.2) is 58.8 Å². The van der Waals surface area contributed by atoms with Crippen molar-refractivity contribution in [2.75, 3.05) is 26.2 Å². The maximum Gasteiger partial charge on any atom is 0.303 e. The monoisotopic (exact) mass is 483 g/mol. The van der Waals surface area contributed by atoms with Crippen LogP contribution in [0.2, 0.25) is 0 Å². The predicted molar refractivity (Wildman–Crippen MR) is 133 cm³/mol. The van der Waals surface area contributed by atoms with Crippen LogP contribution in [0.4, 0.5) is 0 Å². The van der Waals surface area contributed by atoms with Crippen LogP contribution in [0.25, 0.3) is 0 Å². The Labute approximate surface area is 206 Å². The predicted octanol–water partition coefficient (Wildman–Crippen LogP) is 4.93. The van der Waals surface area contributed by atoms with Crippen LogP contribution in [0.3, 0.4) is 0 Å². The quantitative estimate of drug-likeness (QED) is 0.108. The summed E-state index contributed by atoms with van der Waals surface area (Å²) in [5.74, 6) is -2.76. The van der Waals surface area contributed by atoms with E-state index in [1.54, 1.807) is 0 Å². The molecule has 0 bridgehead atoms. The average molecular weight is 484 g/mol. The van der Waals surface area contributed by atoms with E-state index in [4.69, 9.17) is 10.2 Å². The van der Waals surface area contributed by atoms with Crippen LogP contribution < -0.4 is 5.11 Å². The molecule has 0 aromatic carbocycles. The summed E-state index contributed by atoms with van der Waals surface area (Å²) in [6.07, 6.45) is 19.3. The van der Waals surface area contributed by atoms with E-state index in [1.165, 1.54) is 38.5 Å². The van der Waals surface area contributed by atoms with Crippen molar-refractivity contribution in [3.05, 3.63) is 12.2 Å². The lowest BCUT2D eigenvalue weighted by Crippen LogP contribution is -2.51. The lowest BCUT2D eigenvalue weighted by molar-refractivity contribution is -0.929. The van der Waals surface area contributed by atoms with Crippen molar-refractivity contribution in [3.8, 4) is 0 Å². The minimum Gasteiger partial charge on any atom is -0.550 e. The van der Waals surface area contributed by atoms with Crippen LogP contribution in [0.5, 0.6) is 0 Å². The Bertz CT molecular complexity index is 525. The highest BCUT2D eigenvalue weighted by Crippen LogP contribution is 2.18. The molecule has 0 aromatic heterocycles. The van der Waals surface area contributed by atoms with Crippen molar-refractivity contribution in [3.63, 3.8) is 0 Å². The van der Waals surface area contributed by atoms with E-state index in [0.29, 0.717) is 43.4 Å². The third-order valence-electron chi connectivity index (χ3n) is 6.45. The number of carbonyl (C=O) groups excluding carboxylic acids is 1. The van der Waals surface area contributed by atoms with Gasteiger partial charge in [-0.15, -0.1) is 0 Å². The average Bonchev–Trinajstić information content (AvgIpc) is 2.76. The Morgan fingerprint density at radius 2 is 1.03 bits per heavy atom. The molecule has 0 atom stereocenters. The second kappa shape index (κ2) is 21.6. The number of quaternary nitrogens is 1. The molecular weight excluding hydrogens is 434 g/mol. The fraction of sp³-hybridized carbons (Fsp3) is 0.815. The summed E-state index contributed by atoms with van der Waals surface area (Å²) < 4.78 is 0.603. The molecule has 0 rings (SSSR count).